The zero-order valence-electron chi connectivity index (χ0n) is 10.3. The average Bonchev–Trinajstić information content (AvgIpc) is 2.78. The first-order chi connectivity index (χ1) is 8.18. The molecule has 94 valence electrons. The van der Waals surface area contributed by atoms with Crippen LogP contribution in [0.25, 0.3) is 0 Å². The number of hydrogen-bond donors (Lipinski definition) is 0. The minimum atomic E-state index is -0.385. The summed E-state index contributed by atoms with van der Waals surface area (Å²) in [5, 5.41) is 11.7. The van der Waals surface area contributed by atoms with Gasteiger partial charge in [-0.3, -0.25) is 4.79 Å². The van der Waals surface area contributed by atoms with Crippen molar-refractivity contribution >= 4 is 5.97 Å². The molecule has 1 aromatic rings. The summed E-state index contributed by atoms with van der Waals surface area (Å²) in [6.45, 7) is 3.19. The minimum Gasteiger partial charge on any atom is -0.455 e. The molecule has 6 nitrogen and oxygen atoms in total. The number of carbonyl (C=O) groups excluding carboxylic acids is 1. The number of tetrazole rings is 1. The fourth-order valence-corrected chi connectivity index (χ4v) is 2.36. The third-order valence-corrected chi connectivity index (χ3v) is 3.15. The Bertz CT molecular complexity index is 385. The Balaban J connectivity index is 2.12. The van der Waals surface area contributed by atoms with Crippen molar-refractivity contribution in [1.82, 2.24) is 20.2 Å². The molecule has 6 heteroatoms. The van der Waals surface area contributed by atoms with Crippen LogP contribution >= 0.6 is 0 Å². The van der Waals surface area contributed by atoms with Crippen LogP contribution in [0.5, 0.6) is 0 Å². The normalized spacial score (nSPS) is 18.9. The molecule has 1 unspecified atom stereocenters. The van der Waals surface area contributed by atoms with Crippen LogP contribution in [0.15, 0.2) is 0 Å². The van der Waals surface area contributed by atoms with Gasteiger partial charge in [0.1, 0.15) is 0 Å². The van der Waals surface area contributed by atoms with Crippen molar-refractivity contribution in [3.63, 3.8) is 0 Å². The monoisotopic (exact) mass is 238 g/mol. The lowest BCUT2D eigenvalue weighted by Crippen LogP contribution is -2.19. The number of aromatic nitrogens is 4. The van der Waals surface area contributed by atoms with Crippen molar-refractivity contribution in [1.29, 1.82) is 0 Å². The Labute approximate surface area is 100 Å². The van der Waals surface area contributed by atoms with Gasteiger partial charge in [-0.25, -0.2) is 4.68 Å². The van der Waals surface area contributed by atoms with Crippen molar-refractivity contribution in [2.75, 3.05) is 0 Å². The van der Waals surface area contributed by atoms with E-state index in [0.717, 1.165) is 12.8 Å². The summed E-state index contributed by atoms with van der Waals surface area (Å²) in [4.78, 5) is 10.9. The molecule has 1 atom stereocenters. The van der Waals surface area contributed by atoms with E-state index in [2.05, 4.69) is 15.5 Å². The highest BCUT2D eigenvalue weighted by Crippen LogP contribution is 2.29. The summed E-state index contributed by atoms with van der Waals surface area (Å²) in [5.41, 5.74) is 0. The largest absolute Gasteiger partial charge is 0.455 e. The van der Waals surface area contributed by atoms with E-state index in [-0.39, 0.29) is 12.1 Å². The lowest BCUT2D eigenvalue weighted by atomic mass is 9.95. The number of ether oxygens (including phenoxy) is 1. The predicted octanol–water partition coefficient (Wildman–Crippen LogP) is 1.80. The third-order valence-electron chi connectivity index (χ3n) is 3.15. The van der Waals surface area contributed by atoms with Crippen molar-refractivity contribution in [2.24, 2.45) is 0 Å². The van der Waals surface area contributed by atoms with E-state index in [0.29, 0.717) is 11.9 Å². The molecule has 0 aromatic carbocycles. The lowest BCUT2D eigenvalue weighted by Gasteiger charge is -2.23. The topological polar surface area (TPSA) is 69.9 Å². The summed E-state index contributed by atoms with van der Waals surface area (Å²) in [5.74, 6) is 0.336. The lowest BCUT2D eigenvalue weighted by molar-refractivity contribution is -0.146. The van der Waals surface area contributed by atoms with E-state index in [4.69, 9.17) is 4.74 Å². The Morgan fingerprint density at radius 3 is 2.76 bits per heavy atom. The third kappa shape index (κ3) is 2.81. The number of rotatable bonds is 3. The maximum atomic E-state index is 10.9. The van der Waals surface area contributed by atoms with Gasteiger partial charge in [0.15, 0.2) is 11.9 Å². The molecule has 2 rings (SSSR count). The fraction of sp³-hybridized carbons (Fsp3) is 0.818. The van der Waals surface area contributed by atoms with Gasteiger partial charge in [-0.2, -0.15) is 0 Å². The van der Waals surface area contributed by atoms with E-state index in [1.807, 2.05) is 4.68 Å². The molecule has 0 spiro atoms. The summed E-state index contributed by atoms with van der Waals surface area (Å²) >= 11 is 0. The van der Waals surface area contributed by atoms with Crippen LogP contribution in [-0.4, -0.2) is 26.2 Å². The van der Waals surface area contributed by atoms with Gasteiger partial charge in [-0.05, 0) is 30.2 Å². The number of esters is 1. The van der Waals surface area contributed by atoms with Gasteiger partial charge in [0.05, 0.1) is 6.04 Å². The molecule has 0 bridgehead atoms. The van der Waals surface area contributed by atoms with Gasteiger partial charge >= 0.3 is 5.97 Å². The molecule has 17 heavy (non-hydrogen) atoms. The highest BCUT2D eigenvalue weighted by atomic mass is 16.5. The predicted molar refractivity (Wildman–Crippen MR) is 60.1 cm³/mol. The second-order valence-electron chi connectivity index (χ2n) is 4.53. The molecule has 0 N–H and O–H groups in total. The summed E-state index contributed by atoms with van der Waals surface area (Å²) in [6.07, 6.45) is 5.53. The summed E-state index contributed by atoms with van der Waals surface area (Å²) in [6, 6.07) is 0.353. The van der Waals surface area contributed by atoms with E-state index < -0.39 is 0 Å². The standard InChI is InChI=1S/C11H18N4O2/c1-8(17-9(2)16)11-12-13-14-15(11)10-6-4-3-5-7-10/h8,10H,3-7H2,1-2H3. The van der Waals surface area contributed by atoms with Gasteiger partial charge in [0.2, 0.25) is 0 Å². The SMILES string of the molecule is CC(=O)OC(C)c1nnnn1C1CCCCC1. The van der Waals surface area contributed by atoms with Crippen molar-refractivity contribution in [3.05, 3.63) is 5.82 Å². The van der Waals surface area contributed by atoms with Crippen LogP contribution in [0.1, 0.15) is 63.9 Å². The van der Waals surface area contributed by atoms with Crippen molar-refractivity contribution in [3.8, 4) is 0 Å². The van der Waals surface area contributed by atoms with Crippen LogP contribution in [0.3, 0.4) is 0 Å². The first kappa shape index (κ1) is 12.0. The highest BCUT2D eigenvalue weighted by molar-refractivity contribution is 5.66. The van der Waals surface area contributed by atoms with E-state index in [1.165, 1.54) is 26.2 Å². The van der Waals surface area contributed by atoms with Gasteiger partial charge < -0.3 is 4.74 Å². The number of nitrogens with zero attached hydrogens (tertiary/aromatic N) is 4. The van der Waals surface area contributed by atoms with Gasteiger partial charge in [-0.1, -0.05) is 19.3 Å². The van der Waals surface area contributed by atoms with E-state index >= 15 is 0 Å². The quantitative estimate of drug-likeness (QED) is 0.751. The molecule has 1 aromatic heterocycles. The Morgan fingerprint density at radius 1 is 1.41 bits per heavy atom. The molecule has 1 aliphatic carbocycles. The molecule has 0 saturated heterocycles. The van der Waals surface area contributed by atoms with Crippen LogP contribution in [0.4, 0.5) is 0 Å². The number of hydrogen-bond acceptors (Lipinski definition) is 5. The number of carbonyl (C=O) groups is 1. The van der Waals surface area contributed by atoms with Gasteiger partial charge in [0.25, 0.3) is 0 Å². The maximum Gasteiger partial charge on any atom is 0.303 e. The first-order valence-electron chi connectivity index (χ1n) is 6.13. The molecule has 0 aliphatic heterocycles. The fourth-order valence-electron chi connectivity index (χ4n) is 2.36. The zero-order valence-corrected chi connectivity index (χ0v) is 10.3. The molecule has 0 amide bonds. The molecule has 1 fully saturated rings. The Kier molecular flexibility index (Phi) is 3.71. The summed E-state index contributed by atoms with van der Waals surface area (Å²) < 4.78 is 6.95. The zero-order chi connectivity index (χ0) is 12.3. The summed E-state index contributed by atoms with van der Waals surface area (Å²) in [7, 11) is 0. The van der Waals surface area contributed by atoms with Crippen molar-refractivity contribution in [2.45, 2.75) is 58.1 Å². The average molecular weight is 238 g/mol. The van der Waals surface area contributed by atoms with Crippen LogP contribution in [-0.2, 0) is 9.53 Å². The second kappa shape index (κ2) is 5.25. The van der Waals surface area contributed by atoms with Gasteiger partial charge in [0, 0.05) is 6.92 Å². The Hall–Kier alpha value is -1.46. The van der Waals surface area contributed by atoms with Crippen LogP contribution in [0.2, 0.25) is 0 Å². The maximum absolute atomic E-state index is 10.9. The molecule has 1 heterocycles. The molecule has 0 radical (unpaired) electrons. The molecular weight excluding hydrogens is 220 g/mol. The van der Waals surface area contributed by atoms with Crippen LogP contribution < -0.4 is 0 Å². The first-order valence-corrected chi connectivity index (χ1v) is 6.13. The smallest absolute Gasteiger partial charge is 0.303 e. The van der Waals surface area contributed by atoms with Crippen molar-refractivity contribution < 1.29 is 9.53 Å². The molecule has 1 saturated carbocycles. The van der Waals surface area contributed by atoms with E-state index in [1.54, 1.807) is 6.92 Å². The molecular formula is C11H18N4O2. The van der Waals surface area contributed by atoms with Crippen LogP contribution in [0, 0.1) is 0 Å². The highest BCUT2D eigenvalue weighted by Gasteiger charge is 2.24. The minimum absolute atomic E-state index is 0.310. The second-order valence-corrected chi connectivity index (χ2v) is 4.53. The molecule has 1 aliphatic rings. The van der Waals surface area contributed by atoms with Gasteiger partial charge in [-0.15, -0.1) is 5.10 Å². The van der Waals surface area contributed by atoms with E-state index in [9.17, 15) is 4.79 Å². The Morgan fingerprint density at radius 2 is 2.12 bits per heavy atom.